The van der Waals surface area contributed by atoms with E-state index in [1.807, 2.05) is 18.2 Å². The van der Waals surface area contributed by atoms with Crippen LogP contribution in [0, 0.1) is 0 Å². The lowest BCUT2D eigenvalue weighted by atomic mass is 9.81. The van der Waals surface area contributed by atoms with Crippen molar-refractivity contribution in [2.75, 3.05) is 0 Å². The maximum Gasteiger partial charge on any atom is 0.116 e. The highest BCUT2D eigenvalue weighted by molar-refractivity contribution is 5.83. The molecule has 0 fully saturated rings. The van der Waals surface area contributed by atoms with E-state index >= 15 is 0 Å². The van der Waals surface area contributed by atoms with Gasteiger partial charge in [0.1, 0.15) is 5.75 Å². The van der Waals surface area contributed by atoms with Crippen LogP contribution >= 0.6 is 0 Å². The minimum absolute atomic E-state index is 0.0127. The molecule has 3 aromatic carbocycles. The van der Waals surface area contributed by atoms with Crippen molar-refractivity contribution in [1.82, 2.24) is 0 Å². The molecule has 1 nitrogen and oxygen atoms in total. The zero-order chi connectivity index (χ0) is 15.3. The van der Waals surface area contributed by atoms with Gasteiger partial charge in [-0.05, 0) is 51.6 Å². The van der Waals surface area contributed by atoms with Gasteiger partial charge in [0.05, 0.1) is 0 Å². The Morgan fingerprint density at radius 3 is 2.23 bits per heavy atom. The van der Waals surface area contributed by atoms with Crippen molar-refractivity contribution in [1.29, 1.82) is 0 Å². The van der Waals surface area contributed by atoms with Crippen LogP contribution in [0.3, 0.4) is 0 Å². The van der Waals surface area contributed by atoms with E-state index in [0.717, 1.165) is 11.1 Å². The second-order valence-electron chi connectivity index (χ2n) is 6.48. The number of hydrogen-bond acceptors (Lipinski definition) is 1. The molecule has 0 amide bonds. The first-order chi connectivity index (χ1) is 10.6. The van der Waals surface area contributed by atoms with Crippen LogP contribution in [0.25, 0.3) is 22.3 Å². The second kappa shape index (κ2) is 4.48. The first kappa shape index (κ1) is 13.1. The maximum atomic E-state index is 9.71. The van der Waals surface area contributed by atoms with Crippen LogP contribution < -0.4 is 0 Å². The summed E-state index contributed by atoms with van der Waals surface area (Å²) in [7, 11) is 0. The minimum Gasteiger partial charge on any atom is -0.508 e. The molecule has 0 saturated carbocycles. The van der Waals surface area contributed by atoms with Gasteiger partial charge in [-0.3, -0.25) is 0 Å². The van der Waals surface area contributed by atoms with Gasteiger partial charge in [-0.2, -0.15) is 0 Å². The molecule has 0 radical (unpaired) electrons. The van der Waals surface area contributed by atoms with Gasteiger partial charge in [0.15, 0.2) is 0 Å². The first-order valence-corrected chi connectivity index (χ1v) is 7.61. The van der Waals surface area contributed by atoms with Crippen LogP contribution in [0.4, 0.5) is 0 Å². The molecule has 108 valence electrons. The van der Waals surface area contributed by atoms with Gasteiger partial charge in [-0.15, -0.1) is 0 Å². The zero-order valence-electron chi connectivity index (χ0n) is 12.8. The van der Waals surface area contributed by atoms with Crippen LogP contribution in [0.2, 0.25) is 0 Å². The van der Waals surface area contributed by atoms with Crippen LogP contribution in [0.1, 0.15) is 25.0 Å². The van der Waals surface area contributed by atoms with Crippen molar-refractivity contribution in [2.24, 2.45) is 0 Å². The van der Waals surface area contributed by atoms with E-state index < -0.39 is 0 Å². The van der Waals surface area contributed by atoms with E-state index in [2.05, 4.69) is 56.3 Å². The molecular formula is C21H18O. The minimum atomic E-state index is 0.0127. The van der Waals surface area contributed by atoms with Crippen LogP contribution in [-0.2, 0) is 5.41 Å². The molecule has 1 aliphatic rings. The van der Waals surface area contributed by atoms with E-state index in [0.29, 0.717) is 5.75 Å². The number of fused-ring (bicyclic) bond motifs is 3. The van der Waals surface area contributed by atoms with Gasteiger partial charge in [0.2, 0.25) is 0 Å². The summed E-state index contributed by atoms with van der Waals surface area (Å²) >= 11 is 0. The monoisotopic (exact) mass is 286 g/mol. The Hall–Kier alpha value is -2.54. The Bertz CT molecular complexity index is 875. The lowest BCUT2D eigenvalue weighted by Gasteiger charge is -2.22. The summed E-state index contributed by atoms with van der Waals surface area (Å²) in [5, 5.41) is 9.71. The van der Waals surface area contributed by atoms with E-state index in [-0.39, 0.29) is 5.41 Å². The molecule has 0 aromatic heterocycles. The number of phenols is 1. The topological polar surface area (TPSA) is 20.2 Å². The maximum absolute atomic E-state index is 9.71. The molecule has 0 heterocycles. The van der Waals surface area contributed by atoms with Crippen molar-refractivity contribution in [3.63, 3.8) is 0 Å². The van der Waals surface area contributed by atoms with Gasteiger partial charge in [0, 0.05) is 5.41 Å². The van der Waals surface area contributed by atoms with E-state index in [1.54, 1.807) is 6.07 Å². The number of phenolic OH excluding ortho intramolecular Hbond substituents is 1. The standard InChI is InChI=1S/C21H18O/c1-21(2)19-9-4-3-8-17(19)18-11-10-15(13-20(18)21)14-6-5-7-16(22)12-14/h3-13,22H,1-2H3. The summed E-state index contributed by atoms with van der Waals surface area (Å²) in [5.74, 6) is 0.306. The van der Waals surface area contributed by atoms with Crippen LogP contribution in [0.5, 0.6) is 5.75 Å². The third-order valence-corrected chi connectivity index (χ3v) is 4.76. The molecule has 0 spiro atoms. The Balaban J connectivity index is 1.92. The predicted molar refractivity (Wildman–Crippen MR) is 91.1 cm³/mol. The summed E-state index contributed by atoms with van der Waals surface area (Å²) < 4.78 is 0. The molecular weight excluding hydrogens is 268 g/mol. The summed E-state index contributed by atoms with van der Waals surface area (Å²) in [4.78, 5) is 0. The van der Waals surface area contributed by atoms with Crippen molar-refractivity contribution < 1.29 is 5.11 Å². The van der Waals surface area contributed by atoms with Crippen molar-refractivity contribution >= 4 is 0 Å². The lowest BCUT2D eigenvalue weighted by Crippen LogP contribution is -2.14. The number of aromatic hydroxyl groups is 1. The first-order valence-electron chi connectivity index (χ1n) is 7.61. The largest absolute Gasteiger partial charge is 0.508 e. The van der Waals surface area contributed by atoms with E-state index in [1.165, 1.54) is 22.3 Å². The van der Waals surface area contributed by atoms with Crippen LogP contribution in [-0.4, -0.2) is 5.11 Å². The van der Waals surface area contributed by atoms with Crippen molar-refractivity contribution in [3.8, 4) is 28.0 Å². The third-order valence-electron chi connectivity index (χ3n) is 4.76. The quantitative estimate of drug-likeness (QED) is 0.638. The average molecular weight is 286 g/mol. The highest BCUT2D eigenvalue weighted by Crippen LogP contribution is 2.49. The van der Waals surface area contributed by atoms with Gasteiger partial charge in [0.25, 0.3) is 0 Å². The highest BCUT2D eigenvalue weighted by atomic mass is 16.3. The van der Waals surface area contributed by atoms with Gasteiger partial charge >= 0.3 is 0 Å². The third kappa shape index (κ3) is 1.79. The number of benzene rings is 3. The zero-order valence-corrected chi connectivity index (χ0v) is 12.8. The van der Waals surface area contributed by atoms with Gasteiger partial charge < -0.3 is 5.11 Å². The van der Waals surface area contributed by atoms with Crippen LogP contribution in [0.15, 0.2) is 66.7 Å². The van der Waals surface area contributed by atoms with E-state index in [9.17, 15) is 5.11 Å². The Kier molecular flexibility index (Phi) is 2.67. The summed E-state index contributed by atoms with van der Waals surface area (Å²) in [5.41, 5.74) is 7.62. The molecule has 1 N–H and O–H groups in total. The summed E-state index contributed by atoms with van der Waals surface area (Å²) in [6.45, 7) is 4.56. The lowest BCUT2D eigenvalue weighted by molar-refractivity contribution is 0.475. The second-order valence-corrected chi connectivity index (χ2v) is 6.48. The number of hydrogen-bond donors (Lipinski definition) is 1. The Labute approximate surface area is 130 Å². The Morgan fingerprint density at radius 2 is 1.41 bits per heavy atom. The van der Waals surface area contributed by atoms with Gasteiger partial charge in [-0.1, -0.05) is 62.4 Å². The molecule has 22 heavy (non-hydrogen) atoms. The van der Waals surface area contributed by atoms with E-state index in [4.69, 9.17) is 0 Å². The predicted octanol–water partition coefficient (Wildman–Crippen LogP) is 5.37. The van der Waals surface area contributed by atoms with Gasteiger partial charge in [-0.25, -0.2) is 0 Å². The molecule has 0 bridgehead atoms. The summed E-state index contributed by atoms with van der Waals surface area (Å²) in [6, 6.07) is 22.7. The molecule has 0 saturated heterocycles. The summed E-state index contributed by atoms with van der Waals surface area (Å²) in [6.07, 6.45) is 0. The molecule has 1 aliphatic carbocycles. The van der Waals surface area contributed by atoms with Crippen molar-refractivity contribution in [3.05, 3.63) is 77.9 Å². The number of rotatable bonds is 1. The highest BCUT2D eigenvalue weighted by Gasteiger charge is 2.35. The molecule has 4 rings (SSSR count). The Morgan fingerprint density at radius 1 is 0.682 bits per heavy atom. The fourth-order valence-electron chi connectivity index (χ4n) is 3.57. The fraction of sp³-hybridized carbons (Fsp3) is 0.143. The fourth-order valence-corrected chi connectivity index (χ4v) is 3.57. The average Bonchev–Trinajstić information content (AvgIpc) is 2.76. The normalized spacial score (nSPS) is 14.5. The molecule has 3 aromatic rings. The smallest absolute Gasteiger partial charge is 0.116 e. The molecule has 0 aliphatic heterocycles. The molecule has 0 unspecified atom stereocenters. The van der Waals surface area contributed by atoms with Crippen molar-refractivity contribution in [2.45, 2.75) is 19.3 Å². The molecule has 1 heteroatoms. The molecule has 0 atom stereocenters. The SMILES string of the molecule is CC1(C)c2ccccc2-c2ccc(-c3cccc(O)c3)cc21.